The summed E-state index contributed by atoms with van der Waals surface area (Å²) in [5, 5.41) is 2.81. The molecule has 2 rings (SSSR count). The van der Waals surface area contributed by atoms with E-state index in [4.69, 9.17) is 0 Å². The average Bonchev–Trinajstić information content (AvgIpc) is 2.82. The first kappa shape index (κ1) is 29.2. The minimum absolute atomic E-state index is 0.0696. The molecule has 11 heteroatoms. The standard InChI is InChI=1S/C25H34F2N4O4S/c1-6-22(25(33)28-15-18(2)3)30(16-19-11-13-20(26)14-12-19)24(32)17-31(36(34,35)29(4)5)23-10-8-7-9-21(23)27/h7-14,18,22H,6,15-17H2,1-5H3,(H,28,33)/t22-/m1/s1. The maximum Gasteiger partial charge on any atom is 0.304 e. The van der Waals surface area contributed by atoms with Crippen LogP contribution in [0.1, 0.15) is 32.8 Å². The highest BCUT2D eigenvalue weighted by atomic mass is 32.2. The van der Waals surface area contributed by atoms with Gasteiger partial charge in [-0.05, 0) is 42.2 Å². The topological polar surface area (TPSA) is 90.0 Å². The number of nitrogens with one attached hydrogen (secondary N) is 1. The van der Waals surface area contributed by atoms with E-state index in [2.05, 4.69) is 5.32 Å². The molecular formula is C25H34F2N4O4S. The third-order valence-corrected chi connectivity index (χ3v) is 7.28. The molecule has 1 atom stereocenters. The third-order valence-electron chi connectivity index (χ3n) is 5.48. The number of para-hydroxylation sites is 1. The molecule has 198 valence electrons. The van der Waals surface area contributed by atoms with Crippen LogP contribution in [-0.2, 0) is 26.3 Å². The van der Waals surface area contributed by atoms with E-state index >= 15 is 0 Å². The number of anilines is 1. The fraction of sp³-hybridized carbons (Fsp3) is 0.440. The third kappa shape index (κ3) is 7.47. The van der Waals surface area contributed by atoms with Gasteiger partial charge < -0.3 is 10.2 Å². The summed E-state index contributed by atoms with van der Waals surface area (Å²) < 4.78 is 55.8. The van der Waals surface area contributed by atoms with Crippen molar-refractivity contribution in [3.05, 3.63) is 65.7 Å². The largest absolute Gasteiger partial charge is 0.354 e. The van der Waals surface area contributed by atoms with Crippen molar-refractivity contribution in [3.8, 4) is 0 Å². The number of benzene rings is 2. The van der Waals surface area contributed by atoms with Crippen LogP contribution in [0.2, 0.25) is 0 Å². The SMILES string of the molecule is CC[C@H](C(=O)NCC(C)C)N(Cc1ccc(F)cc1)C(=O)CN(c1ccccc1F)S(=O)(=O)N(C)C. The quantitative estimate of drug-likeness (QED) is 0.462. The summed E-state index contributed by atoms with van der Waals surface area (Å²) in [6.07, 6.45) is 0.247. The first-order chi connectivity index (χ1) is 16.9. The lowest BCUT2D eigenvalue weighted by atomic mass is 10.1. The second-order valence-electron chi connectivity index (χ2n) is 8.96. The number of hydrogen-bond donors (Lipinski definition) is 1. The van der Waals surface area contributed by atoms with Gasteiger partial charge in [0.25, 0.3) is 0 Å². The maximum absolute atomic E-state index is 14.6. The van der Waals surface area contributed by atoms with Crippen LogP contribution in [0.3, 0.4) is 0 Å². The van der Waals surface area contributed by atoms with Crippen LogP contribution in [0.4, 0.5) is 14.5 Å². The molecule has 0 aliphatic carbocycles. The highest BCUT2D eigenvalue weighted by Gasteiger charge is 2.34. The van der Waals surface area contributed by atoms with Gasteiger partial charge in [-0.15, -0.1) is 0 Å². The van der Waals surface area contributed by atoms with Gasteiger partial charge >= 0.3 is 10.2 Å². The molecule has 0 spiro atoms. The summed E-state index contributed by atoms with van der Waals surface area (Å²) in [7, 11) is -1.71. The Kier molecular flexibility index (Phi) is 10.4. The zero-order valence-electron chi connectivity index (χ0n) is 21.2. The van der Waals surface area contributed by atoms with Crippen LogP contribution in [0.25, 0.3) is 0 Å². The molecule has 0 saturated carbocycles. The molecule has 0 aliphatic rings. The fourth-order valence-corrected chi connectivity index (χ4v) is 4.55. The van der Waals surface area contributed by atoms with Crippen LogP contribution >= 0.6 is 0 Å². The van der Waals surface area contributed by atoms with Crippen molar-refractivity contribution in [1.29, 1.82) is 0 Å². The van der Waals surface area contributed by atoms with Crippen LogP contribution in [0.5, 0.6) is 0 Å². The Morgan fingerprint density at radius 1 is 1.00 bits per heavy atom. The van der Waals surface area contributed by atoms with Crippen molar-refractivity contribution in [2.75, 3.05) is 31.5 Å². The summed E-state index contributed by atoms with van der Waals surface area (Å²) in [5.74, 6) is -2.20. The lowest BCUT2D eigenvalue weighted by Crippen LogP contribution is -2.53. The van der Waals surface area contributed by atoms with Crippen LogP contribution in [0, 0.1) is 17.6 Å². The summed E-state index contributed by atoms with van der Waals surface area (Å²) in [5.41, 5.74) is 0.256. The Labute approximate surface area is 212 Å². The van der Waals surface area contributed by atoms with Gasteiger partial charge in [-0.2, -0.15) is 12.7 Å². The molecule has 2 aromatic carbocycles. The molecule has 0 aliphatic heterocycles. The van der Waals surface area contributed by atoms with Crippen molar-refractivity contribution in [3.63, 3.8) is 0 Å². The molecule has 1 N–H and O–H groups in total. The van der Waals surface area contributed by atoms with Gasteiger partial charge in [0, 0.05) is 27.2 Å². The van der Waals surface area contributed by atoms with Crippen molar-refractivity contribution in [2.45, 2.75) is 39.8 Å². The Bertz CT molecular complexity index is 1140. The molecule has 0 fully saturated rings. The van der Waals surface area contributed by atoms with E-state index in [0.717, 1.165) is 10.4 Å². The number of carbonyl (C=O) groups is 2. The monoisotopic (exact) mass is 524 g/mol. The van der Waals surface area contributed by atoms with Gasteiger partial charge in [-0.3, -0.25) is 9.59 Å². The lowest BCUT2D eigenvalue weighted by Gasteiger charge is -2.34. The molecule has 2 amide bonds. The minimum atomic E-state index is -4.27. The van der Waals surface area contributed by atoms with E-state index in [0.29, 0.717) is 16.4 Å². The second kappa shape index (κ2) is 12.8. The number of rotatable bonds is 12. The predicted molar refractivity (Wildman–Crippen MR) is 135 cm³/mol. The summed E-state index contributed by atoms with van der Waals surface area (Å²) in [4.78, 5) is 27.9. The van der Waals surface area contributed by atoms with E-state index in [1.807, 2.05) is 13.8 Å². The van der Waals surface area contributed by atoms with E-state index in [1.54, 1.807) is 6.92 Å². The smallest absolute Gasteiger partial charge is 0.304 e. The fourth-order valence-electron chi connectivity index (χ4n) is 3.48. The zero-order chi connectivity index (χ0) is 27.0. The molecule has 0 aromatic heterocycles. The molecule has 36 heavy (non-hydrogen) atoms. The maximum atomic E-state index is 14.6. The average molecular weight is 525 g/mol. The normalized spacial score (nSPS) is 12.5. The van der Waals surface area contributed by atoms with Crippen LogP contribution in [-0.4, -0.2) is 62.7 Å². The number of amides is 2. The Morgan fingerprint density at radius 2 is 1.61 bits per heavy atom. The number of halogens is 2. The van der Waals surface area contributed by atoms with Gasteiger partial charge in [0.15, 0.2) is 0 Å². The second-order valence-corrected chi connectivity index (χ2v) is 11.0. The number of carbonyl (C=O) groups excluding carboxylic acids is 2. The Hall–Kier alpha value is -3.05. The highest BCUT2D eigenvalue weighted by Crippen LogP contribution is 2.24. The van der Waals surface area contributed by atoms with Crippen LogP contribution in [0.15, 0.2) is 48.5 Å². The first-order valence-corrected chi connectivity index (χ1v) is 13.0. The van der Waals surface area contributed by atoms with Gasteiger partial charge in [0.1, 0.15) is 24.2 Å². The summed E-state index contributed by atoms with van der Waals surface area (Å²) in [6, 6.07) is 9.76. The van der Waals surface area contributed by atoms with Crippen LogP contribution < -0.4 is 9.62 Å². The summed E-state index contributed by atoms with van der Waals surface area (Å²) >= 11 is 0. The molecule has 0 unspecified atom stereocenters. The van der Waals surface area contributed by atoms with Gasteiger partial charge in [-0.25, -0.2) is 13.1 Å². The Morgan fingerprint density at radius 3 is 2.14 bits per heavy atom. The minimum Gasteiger partial charge on any atom is -0.354 e. The highest BCUT2D eigenvalue weighted by molar-refractivity contribution is 7.90. The van der Waals surface area contributed by atoms with Gasteiger partial charge in [0.05, 0.1) is 5.69 Å². The van der Waals surface area contributed by atoms with Crippen molar-refractivity contribution >= 4 is 27.7 Å². The molecule has 0 bridgehead atoms. The van der Waals surface area contributed by atoms with Gasteiger partial charge in [0.2, 0.25) is 11.8 Å². The first-order valence-electron chi connectivity index (χ1n) is 11.6. The van der Waals surface area contributed by atoms with Crippen molar-refractivity contribution in [1.82, 2.24) is 14.5 Å². The molecule has 0 heterocycles. The molecule has 2 aromatic rings. The van der Waals surface area contributed by atoms with E-state index < -0.39 is 46.2 Å². The molecule has 0 saturated heterocycles. The zero-order valence-corrected chi connectivity index (χ0v) is 22.1. The van der Waals surface area contributed by atoms with E-state index in [-0.39, 0.29) is 24.6 Å². The molecule has 0 radical (unpaired) electrons. The van der Waals surface area contributed by atoms with Gasteiger partial charge in [-0.1, -0.05) is 45.0 Å². The van der Waals surface area contributed by atoms with Crippen molar-refractivity contribution in [2.24, 2.45) is 5.92 Å². The van der Waals surface area contributed by atoms with E-state index in [9.17, 15) is 26.8 Å². The predicted octanol–water partition coefficient (Wildman–Crippen LogP) is 3.16. The van der Waals surface area contributed by atoms with Crippen molar-refractivity contribution < 1.29 is 26.8 Å². The molecular weight excluding hydrogens is 490 g/mol. The number of hydrogen-bond acceptors (Lipinski definition) is 4. The molecule has 8 nitrogen and oxygen atoms in total. The van der Waals surface area contributed by atoms with E-state index in [1.165, 1.54) is 61.5 Å². The Balaban J connectivity index is 2.49. The summed E-state index contributed by atoms with van der Waals surface area (Å²) in [6.45, 7) is 5.18. The lowest BCUT2D eigenvalue weighted by molar-refractivity contribution is -0.140. The number of nitrogens with zero attached hydrogens (tertiary/aromatic N) is 3.